The van der Waals surface area contributed by atoms with Crippen LogP contribution in [0.1, 0.15) is 6.92 Å². The van der Waals surface area contributed by atoms with Crippen molar-refractivity contribution in [1.29, 1.82) is 0 Å². The second-order valence-corrected chi connectivity index (χ2v) is 6.30. The number of hydrogen-bond donors (Lipinski definition) is 1. The molecule has 0 aliphatic carbocycles. The molecule has 0 saturated carbocycles. The summed E-state index contributed by atoms with van der Waals surface area (Å²) in [6.45, 7) is 4.99. The van der Waals surface area contributed by atoms with Gasteiger partial charge in [0.25, 0.3) is 5.56 Å². The average Bonchev–Trinajstić information content (AvgIpc) is 3.01. The molecule has 4 heterocycles. The van der Waals surface area contributed by atoms with Crippen molar-refractivity contribution in [3.63, 3.8) is 0 Å². The highest BCUT2D eigenvalue weighted by Gasteiger charge is 2.16. The molecule has 24 heavy (non-hydrogen) atoms. The predicted molar refractivity (Wildman–Crippen MR) is 93.3 cm³/mol. The van der Waals surface area contributed by atoms with E-state index in [4.69, 9.17) is 0 Å². The van der Waals surface area contributed by atoms with E-state index in [1.54, 1.807) is 21.3 Å². The van der Waals surface area contributed by atoms with Gasteiger partial charge in [0.15, 0.2) is 0 Å². The summed E-state index contributed by atoms with van der Waals surface area (Å²) < 4.78 is 3.31. The minimum absolute atomic E-state index is 0.0797. The van der Waals surface area contributed by atoms with Crippen molar-refractivity contribution in [2.45, 2.75) is 13.0 Å². The van der Waals surface area contributed by atoms with E-state index in [1.165, 1.54) is 0 Å². The Balaban J connectivity index is 1.75. The van der Waals surface area contributed by atoms with E-state index in [-0.39, 0.29) is 5.56 Å². The molecule has 1 atom stereocenters. The smallest absolute Gasteiger partial charge is 0.258 e. The standard InChI is InChI=1S/C17H20N6O/c1-12-9-22(6-5-18-12)14-3-4-16-20-15(7-17(24)23(16)11-14)13-8-19-21(2)10-13/h3-4,7-8,10-12,18H,5-6,9H2,1-2H3/t12-/m0/s1. The Labute approximate surface area is 139 Å². The molecule has 1 saturated heterocycles. The van der Waals surface area contributed by atoms with Gasteiger partial charge in [0.1, 0.15) is 5.65 Å². The van der Waals surface area contributed by atoms with Gasteiger partial charge in [0.2, 0.25) is 0 Å². The Kier molecular flexibility index (Phi) is 3.57. The van der Waals surface area contributed by atoms with Crippen LogP contribution in [0.4, 0.5) is 5.69 Å². The van der Waals surface area contributed by atoms with E-state index in [9.17, 15) is 4.79 Å². The number of nitrogens with one attached hydrogen (secondary N) is 1. The maximum atomic E-state index is 12.5. The Hall–Kier alpha value is -2.67. The zero-order valence-electron chi connectivity index (χ0n) is 13.8. The molecule has 1 aliphatic rings. The van der Waals surface area contributed by atoms with E-state index < -0.39 is 0 Å². The summed E-state index contributed by atoms with van der Waals surface area (Å²) in [6.07, 6.45) is 5.46. The predicted octanol–water partition coefficient (Wildman–Crippen LogP) is 0.893. The van der Waals surface area contributed by atoms with Crippen molar-refractivity contribution >= 4 is 11.3 Å². The molecular weight excluding hydrogens is 304 g/mol. The number of fused-ring (bicyclic) bond motifs is 1. The van der Waals surface area contributed by atoms with Crippen molar-refractivity contribution in [2.75, 3.05) is 24.5 Å². The third-order valence-corrected chi connectivity index (χ3v) is 4.38. The molecular formula is C17H20N6O. The molecule has 0 unspecified atom stereocenters. The van der Waals surface area contributed by atoms with Crippen molar-refractivity contribution < 1.29 is 0 Å². The topological polar surface area (TPSA) is 67.5 Å². The molecule has 7 heteroatoms. The lowest BCUT2D eigenvalue weighted by Gasteiger charge is -2.33. The molecule has 7 nitrogen and oxygen atoms in total. The average molecular weight is 324 g/mol. The summed E-state index contributed by atoms with van der Waals surface area (Å²) in [5.41, 5.74) is 3.11. The van der Waals surface area contributed by atoms with Crippen LogP contribution in [-0.2, 0) is 7.05 Å². The van der Waals surface area contributed by atoms with Gasteiger partial charge in [-0.05, 0) is 19.1 Å². The second-order valence-electron chi connectivity index (χ2n) is 6.30. The SMILES string of the molecule is C[C@H]1CN(c2ccc3nc(-c4cnn(C)c4)cc(=O)n3c2)CCN1. The van der Waals surface area contributed by atoms with Gasteiger partial charge in [-0.25, -0.2) is 4.98 Å². The Morgan fingerprint density at radius 2 is 2.17 bits per heavy atom. The molecule has 124 valence electrons. The van der Waals surface area contributed by atoms with Crippen LogP contribution in [0.3, 0.4) is 0 Å². The number of piperazine rings is 1. The first-order valence-corrected chi connectivity index (χ1v) is 8.11. The van der Waals surface area contributed by atoms with Crippen LogP contribution in [0, 0.1) is 0 Å². The molecule has 0 amide bonds. The number of nitrogens with zero attached hydrogens (tertiary/aromatic N) is 5. The highest BCUT2D eigenvalue weighted by Crippen LogP contribution is 2.19. The maximum absolute atomic E-state index is 12.5. The van der Waals surface area contributed by atoms with Gasteiger partial charge in [0.05, 0.1) is 17.6 Å². The van der Waals surface area contributed by atoms with Crippen LogP contribution in [0.15, 0.2) is 41.6 Å². The van der Waals surface area contributed by atoms with Crippen LogP contribution in [-0.4, -0.2) is 44.8 Å². The van der Waals surface area contributed by atoms with Gasteiger partial charge in [-0.3, -0.25) is 13.9 Å². The van der Waals surface area contributed by atoms with Crippen LogP contribution < -0.4 is 15.8 Å². The summed E-state index contributed by atoms with van der Waals surface area (Å²) in [4.78, 5) is 19.4. The molecule has 3 aromatic rings. The summed E-state index contributed by atoms with van der Waals surface area (Å²) in [5, 5.41) is 7.57. The van der Waals surface area contributed by atoms with Crippen molar-refractivity contribution in [1.82, 2.24) is 24.5 Å². The van der Waals surface area contributed by atoms with Gasteiger partial charge in [-0.2, -0.15) is 5.10 Å². The molecule has 0 bridgehead atoms. The minimum Gasteiger partial charge on any atom is -0.368 e. The van der Waals surface area contributed by atoms with E-state index in [0.717, 1.165) is 30.9 Å². The van der Waals surface area contributed by atoms with E-state index >= 15 is 0 Å². The summed E-state index contributed by atoms with van der Waals surface area (Å²) in [6, 6.07) is 5.95. The Bertz CT molecular complexity index is 944. The summed E-state index contributed by atoms with van der Waals surface area (Å²) >= 11 is 0. The van der Waals surface area contributed by atoms with Gasteiger partial charge < -0.3 is 10.2 Å². The summed E-state index contributed by atoms with van der Waals surface area (Å²) in [5.74, 6) is 0. The molecule has 1 N–H and O–H groups in total. The number of aryl methyl sites for hydroxylation is 1. The number of aromatic nitrogens is 4. The Morgan fingerprint density at radius 3 is 2.92 bits per heavy atom. The zero-order valence-corrected chi connectivity index (χ0v) is 13.8. The van der Waals surface area contributed by atoms with Crippen molar-refractivity contribution in [3.05, 3.63) is 47.1 Å². The lowest BCUT2D eigenvalue weighted by molar-refractivity contribution is 0.484. The van der Waals surface area contributed by atoms with E-state index in [1.807, 2.05) is 31.6 Å². The molecule has 1 fully saturated rings. The normalized spacial score (nSPS) is 18.2. The lowest BCUT2D eigenvalue weighted by Crippen LogP contribution is -2.49. The highest BCUT2D eigenvalue weighted by molar-refractivity contribution is 5.61. The molecule has 4 rings (SSSR count). The highest BCUT2D eigenvalue weighted by atomic mass is 16.1. The zero-order chi connectivity index (χ0) is 16.7. The number of anilines is 1. The third kappa shape index (κ3) is 2.67. The fourth-order valence-corrected chi connectivity index (χ4v) is 3.15. The fourth-order valence-electron chi connectivity index (χ4n) is 3.15. The quantitative estimate of drug-likeness (QED) is 0.758. The first-order valence-electron chi connectivity index (χ1n) is 8.11. The number of pyridine rings is 1. The molecule has 1 aliphatic heterocycles. The van der Waals surface area contributed by atoms with Crippen LogP contribution >= 0.6 is 0 Å². The monoisotopic (exact) mass is 324 g/mol. The summed E-state index contributed by atoms with van der Waals surface area (Å²) in [7, 11) is 1.85. The van der Waals surface area contributed by atoms with E-state index in [0.29, 0.717) is 17.4 Å². The molecule has 0 radical (unpaired) electrons. The van der Waals surface area contributed by atoms with Gasteiger partial charge >= 0.3 is 0 Å². The minimum atomic E-state index is -0.0797. The molecule has 0 aromatic carbocycles. The second kappa shape index (κ2) is 5.76. The molecule has 0 spiro atoms. The number of hydrogen-bond acceptors (Lipinski definition) is 5. The first-order chi connectivity index (χ1) is 11.6. The Morgan fingerprint density at radius 1 is 1.29 bits per heavy atom. The van der Waals surface area contributed by atoms with Crippen LogP contribution in [0.5, 0.6) is 0 Å². The maximum Gasteiger partial charge on any atom is 0.258 e. The molecule has 3 aromatic heterocycles. The van der Waals surface area contributed by atoms with Crippen LogP contribution in [0.25, 0.3) is 16.9 Å². The van der Waals surface area contributed by atoms with Crippen molar-refractivity contribution in [2.24, 2.45) is 7.05 Å². The number of rotatable bonds is 2. The third-order valence-electron chi connectivity index (χ3n) is 4.38. The van der Waals surface area contributed by atoms with Crippen molar-refractivity contribution in [3.8, 4) is 11.3 Å². The van der Waals surface area contributed by atoms with Gasteiger partial charge in [-0.15, -0.1) is 0 Å². The van der Waals surface area contributed by atoms with Gasteiger partial charge in [0, 0.05) is 56.7 Å². The van der Waals surface area contributed by atoms with Gasteiger partial charge in [-0.1, -0.05) is 0 Å². The largest absolute Gasteiger partial charge is 0.368 e. The van der Waals surface area contributed by atoms with E-state index in [2.05, 4.69) is 27.2 Å². The fraction of sp³-hybridized carbons (Fsp3) is 0.353. The first kappa shape index (κ1) is 14.9. The lowest BCUT2D eigenvalue weighted by atomic mass is 10.2. The van der Waals surface area contributed by atoms with Crippen LogP contribution in [0.2, 0.25) is 0 Å².